The zero-order valence-corrected chi connectivity index (χ0v) is 17.0. The summed E-state index contributed by atoms with van der Waals surface area (Å²) in [5.41, 5.74) is 3.47. The lowest BCUT2D eigenvalue weighted by molar-refractivity contribution is -0.0239. The molecule has 154 valence electrons. The molecule has 1 aliphatic heterocycles. The van der Waals surface area contributed by atoms with Gasteiger partial charge in [0.15, 0.2) is 0 Å². The van der Waals surface area contributed by atoms with Gasteiger partial charge in [0, 0.05) is 19.3 Å². The lowest BCUT2D eigenvalue weighted by atomic mass is 10.00. The highest BCUT2D eigenvalue weighted by molar-refractivity contribution is 5.92. The minimum atomic E-state index is -0.266. The van der Waals surface area contributed by atoms with E-state index < -0.39 is 0 Å². The van der Waals surface area contributed by atoms with E-state index in [2.05, 4.69) is 4.98 Å². The fourth-order valence-corrected chi connectivity index (χ4v) is 3.82. The summed E-state index contributed by atoms with van der Waals surface area (Å²) in [6.45, 7) is 3.21. The van der Waals surface area contributed by atoms with E-state index in [0.717, 1.165) is 29.5 Å². The number of pyridine rings is 1. The van der Waals surface area contributed by atoms with Crippen molar-refractivity contribution in [3.05, 3.63) is 101 Å². The number of halogens is 1. The number of rotatable bonds is 5. The Bertz CT molecular complexity index is 984. The summed E-state index contributed by atoms with van der Waals surface area (Å²) in [6.07, 6.45) is 2.93. The highest BCUT2D eigenvalue weighted by atomic mass is 19.1. The number of benzene rings is 2. The number of aromatic nitrogens is 1. The minimum absolute atomic E-state index is 0.0229. The maximum absolute atomic E-state index is 13.4. The molecular weight excluding hydrogens is 379 g/mol. The Kier molecular flexibility index (Phi) is 6.19. The smallest absolute Gasteiger partial charge is 0.272 e. The van der Waals surface area contributed by atoms with Gasteiger partial charge in [0.2, 0.25) is 0 Å². The van der Waals surface area contributed by atoms with Gasteiger partial charge in [-0.2, -0.15) is 0 Å². The van der Waals surface area contributed by atoms with Gasteiger partial charge in [0.25, 0.3) is 5.91 Å². The van der Waals surface area contributed by atoms with Crippen LogP contribution in [0.1, 0.15) is 46.1 Å². The lowest BCUT2D eigenvalue weighted by Gasteiger charge is -2.34. The molecule has 0 radical (unpaired) electrons. The molecule has 4 rings (SSSR count). The molecule has 0 N–H and O–H groups in total. The molecule has 1 fully saturated rings. The number of hydrogen-bond donors (Lipinski definition) is 0. The largest absolute Gasteiger partial charge is 0.365 e. The molecule has 1 aliphatic rings. The normalized spacial score (nSPS) is 15.7. The second-order valence-corrected chi connectivity index (χ2v) is 7.69. The Hall–Kier alpha value is -3.05. The predicted octanol–water partition coefficient (Wildman–Crippen LogP) is 4.94. The average Bonchev–Trinajstić information content (AvgIpc) is 2.79. The van der Waals surface area contributed by atoms with Crippen LogP contribution in [0.3, 0.4) is 0 Å². The number of piperidine rings is 1. The molecule has 30 heavy (non-hydrogen) atoms. The Morgan fingerprint density at radius 1 is 1.03 bits per heavy atom. The molecule has 1 atom stereocenters. The fraction of sp³-hybridized carbons (Fsp3) is 0.280. The molecule has 1 amide bonds. The van der Waals surface area contributed by atoms with Crippen molar-refractivity contribution in [2.75, 3.05) is 13.1 Å². The van der Waals surface area contributed by atoms with Crippen molar-refractivity contribution in [1.82, 2.24) is 9.88 Å². The van der Waals surface area contributed by atoms with Crippen molar-refractivity contribution in [2.24, 2.45) is 0 Å². The van der Waals surface area contributed by atoms with E-state index in [0.29, 0.717) is 18.8 Å². The Labute approximate surface area is 176 Å². The van der Waals surface area contributed by atoms with Gasteiger partial charge in [0.05, 0.1) is 6.10 Å². The van der Waals surface area contributed by atoms with E-state index in [9.17, 15) is 9.18 Å². The van der Waals surface area contributed by atoms with Crippen molar-refractivity contribution >= 4 is 5.91 Å². The van der Waals surface area contributed by atoms with Crippen LogP contribution in [-0.4, -0.2) is 35.0 Å². The van der Waals surface area contributed by atoms with Crippen molar-refractivity contribution in [2.45, 2.75) is 32.0 Å². The summed E-state index contributed by atoms with van der Waals surface area (Å²) in [7, 11) is 0. The zero-order chi connectivity index (χ0) is 20.9. The topological polar surface area (TPSA) is 42.4 Å². The van der Waals surface area contributed by atoms with Gasteiger partial charge in [-0.3, -0.25) is 9.78 Å². The molecular formula is C25H25FN2O2. The number of likely N-dealkylation sites (tertiary alicyclic amines) is 1. The molecule has 4 nitrogen and oxygen atoms in total. The van der Waals surface area contributed by atoms with Gasteiger partial charge in [-0.1, -0.05) is 42.5 Å². The lowest BCUT2D eigenvalue weighted by Crippen LogP contribution is -2.41. The standard InChI is InChI=1S/C25H25FN2O2/c1-18-11-14-27-23(17-18)25(29)28-15-12-22(13-16-28)30-24(19-5-3-2-4-6-19)20-7-9-21(26)10-8-20/h2-11,14,17,22,24H,12-13,15-16H2,1H3. The molecule has 1 unspecified atom stereocenters. The first-order chi connectivity index (χ1) is 14.6. The number of amides is 1. The van der Waals surface area contributed by atoms with Crippen LogP contribution in [0.5, 0.6) is 0 Å². The monoisotopic (exact) mass is 404 g/mol. The molecule has 0 saturated carbocycles. The molecule has 5 heteroatoms. The maximum atomic E-state index is 13.4. The van der Waals surface area contributed by atoms with Crippen LogP contribution >= 0.6 is 0 Å². The molecule has 0 spiro atoms. The van der Waals surface area contributed by atoms with E-state index in [1.165, 1.54) is 12.1 Å². The number of aryl methyl sites for hydroxylation is 1. The van der Waals surface area contributed by atoms with Crippen LogP contribution in [0, 0.1) is 12.7 Å². The Morgan fingerprint density at radius 2 is 1.70 bits per heavy atom. The van der Waals surface area contributed by atoms with Gasteiger partial charge >= 0.3 is 0 Å². The molecule has 1 aromatic heterocycles. The highest BCUT2D eigenvalue weighted by Crippen LogP contribution is 2.30. The summed E-state index contributed by atoms with van der Waals surface area (Å²) in [6, 6.07) is 20.2. The zero-order valence-electron chi connectivity index (χ0n) is 17.0. The molecule has 2 heterocycles. The van der Waals surface area contributed by atoms with Crippen molar-refractivity contribution in [1.29, 1.82) is 0 Å². The van der Waals surface area contributed by atoms with Crippen LogP contribution in [-0.2, 0) is 4.74 Å². The number of carbonyl (C=O) groups excluding carboxylic acids is 1. The van der Waals surface area contributed by atoms with Crippen LogP contribution in [0.4, 0.5) is 4.39 Å². The van der Waals surface area contributed by atoms with Gasteiger partial charge < -0.3 is 9.64 Å². The highest BCUT2D eigenvalue weighted by Gasteiger charge is 2.27. The number of carbonyl (C=O) groups is 1. The summed E-state index contributed by atoms with van der Waals surface area (Å²) >= 11 is 0. The van der Waals surface area contributed by atoms with Gasteiger partial charge in [-0.05, 0) is 60.7 Å². The molecule has 2 aromatic carbocycles. The summed E-state index contributed by atoms with van der Waals surface area (Å²) in [5, 5.41) is 0. The van der Waals surface area contributed by atoms with E-state index in [1.807, 2.05) is 54.3 Å². The number of hydrogen-bond acceptors (Lipinski definition) is 3. The SMILES string of the molecule is Cc1ccnc(C(=O)N2CCC(OC(c3ccccc3)c3ccc(F)cc3)CC2)c1. The predicted molar refractivity (Wildman–Crippen MR) is 114 cm³/mol. The molecule has 0 bridgehead atoms. The third-order valence-electron chi connectivity index (χ3n) is 5.47. The minimum Gasteiger partial charge on any atom is -0.365 e. The van der Waals surface area contributed by atoms with Crippen molar-refractivity contribution < 1.29 is 13.9 Å². The quantitative estimate of drug-likeness (QED) is 0.605. The summed E-state index contributed by atoms with van der Waals surface area (Å²) < 4.78 is 19.9. The van der Waals surface area contributed by atoms with Gasteiger partial charge in [0.1, 0.15) is 17.6 Å². The third kappa shape index (κ3) is 4.74. The van der Waals surface area contributed by atoms with Gasteiger partial charge in [-0.25, -0.2) is 4.39 Å². The van der Waals surface area contributed by atoms with E-state index in [-0.39, 0.29) is 23.9 Å². The fourth-order valence-electron chi connectivity index (χ4n) is 3.82. The molecule has 1 saturated heterocycles. The second kappa shape index (κ2) is 9.18. The first-order valence-corrected chi connectivity index (χ1v) is 10.3. The van der Waals surface area contributed by atoms with E-state index in [1.54, 1.807) is 18.3 Å². The maximum Gasteiger partial charge on any atom is 0.272 e. The van der Waals surface area contributed by atoms with Gasteiger partial charge in [-0.15, -0.1) is 0 Å². The second-order valence-electron chi connectivity index (χ2n) is 7.69. The first-order valence-electron chi connectivity index (χ1n) is 10.3. The van der Waals surface area contributed by atoms with Crippen LogP contribution < -0.4 is 0 Å². The Morgan fingerprint density at radius 3 is 2.37 bits per heavy atom. The van der Waals surface area contributed by atoms with Crippen LogP contribution in [0.25, 0.3) is 0 Å². The summed E-state index contributed by atoms with van der Waals surface area (Å²) in [5.74, 6) is -0.294. The number of ether oxygens (including phenoxy) is 1. The van der Waals surface area contributed by atoms with Crippen LogP contribution in [0.15, 0.2) is 72.9 Å². The van der Waals surface area contributed by atoms with E-state index >= 15 is 0 Å². The molecule has 3 aromatic rings. The Balaban J connectivity index is 1.44. The van der Waals surface area contributed by atoms with E-state index in [4.69, 9.17) is 4.74 Å². The average molecular weight is 404 g/mol. The van der Waals surface area contributed by atoms with Crippen LogP contribution in [0.2, 0.25) is 0 Å². The van der Waals surface area contributed by atoms with Crippen molar-refractivity contribution in [3.8, 4) is 0 Å². The number of nitrogens with zero attached hydrogens (tertiary/aromatic N) is 2. The third-order valence-corrected chi connectivity index (χ3v) is 5.47. The summed E-state index contributed by atoms with van der Waals surface area (Å²) in [4.78, 5) is 18.8. The van der Waals surface area contributed by atoms with Crippen molar-refractivity contribution in [3.63, 3.8) is 0 Å². The first kappa shape index (κ1) is 20.2. The molecule has 0 aliphatic carbocycles.